The molecule has 2 heterocycles. The van der Waals surface area contributed by atoms with Crippen LogP contribution in [0.5, 0.6) is 0 Å². The van der Waals surface area contributed by atoms with Crippen LogP contribution in [0.15, 0.2) is 29.3 Å². The number of guanidine groups is 1. The first-order chi connectivity index (χ1) is 14.1. The number of hydrogen-bond acceptors (Lipinski definition) is 5. The van der Waals surface area contributed by atoms with Gasteiger partial charge in [-0.1, -0.05) is 31.2 Å². The summed E-state index contributed by atoms with van der Waals surface area (Å²) in [5.74, 6) is 0.885. The van der Waals surface area contributed by atoms with Crippen LogP contribution in [0.4, 0.5) is 0 Å². The normalized spacial score (nSPS) is 22.5. The fourth-order valence-corrected chi connectivity index (χ4v) is 4.05. The van der Waals surface area contributed by atoms with Crippen LogP contribution in [-0.4, -0.2) is 74.8 Å². The Morgan fingerprint density at radius 3 is 2.60 bits per heavy atom. The number of ether oxygens (including phenoxy) is 2. The molecule has 3 rings (SSSR count). The van der Waals surface area contributed by atoms with E-state index >= 15 is 0 Å². The Labute approximate surface area is 197 Å². The first kappa shape index (κ1) is 24.9. The second kappa shape index (κ2) is 12.5. The number of rotatable bonds is 6. The smallest absolute Gasteiger partial charge is 0.310 e. The van der Waals surface area contributed by atoms with Crippen LogP contribution in [-0.2, 0) is 27.4 Å². The number of methoxy groups -OCH3 is 1. The molecule has 7 nitrogen and oxygen atoms in total. The molecule has 2 saturated heterocycles. The number of morpholine rings is 1. The van der Waals surface area contributed by atoms with Crippen LogP contribution in [0.2, 0.25) is 0 Å². The lowest BCUT2D eigenvalue weighted by Crippen LogP contribution is -2.40. The lowest BCUT2D eigenvalue weighted by atomic mass is 9.99. The average molecular weight is 530 g/mol. The van der Waals surface area contributed by atoms with Crippen molar-refractivity contribution in [2.24, 2.45) is 16.8 Å². The monoisotopic (exact) mass is 530 g/mol. The molecule has 1 N–H and O–H groups in total. The molecule has 2 unspecified atom stereocenters. The number of hydrogen-bond donors (Lipinski definition) is 1. The maximum absolute atomic E-state index is 12.0. The van der Waals surface area contributed by atoms with Crippen molar-refractivity contribution in [1.29, 1.82) is 0 Å². The Hall–Kier alpha value is -1.39. The lowest BCUT2D eigenvalue weighted by molar-refractivity contribution is -0.145. The molecule has 1 aromatic rings. The SMILES string of the molecule is CCNC(=NCc1ccccc1CN1CCOCC1)N1CC(C)C(C(=O)OC)C1.I. The van der Waals surface area contributed by atoms with Gasteiger partial charge in [0.1, 0.15) is 0 Å². The summed E-state index contributed by atoms with van der Waals surface area (Å²) in [6.45, 7) is 11.5. The topological polar surface area (TPSA) is 66.4 Å². The van der Waals surface area contributed by atoms with Gasteiger partial charge in [0.2, 0.25) is 0 Å². The maximum atomic E-state index is 12.0. The van der Waals surface area contributed by atoms with E-state index in [1.54, 1.807) is 0 Å². The summed E-state index contributed by atoms with van der Waals surface area (Å²) < 4.78 is 10.4. The second-order valence-electron chi connectivity index (χ2n) is 7.84. The van der Waals surface area contributed by atoms with E-state index in [9.17, 15) is 4.79 Å². The number of carbonyl (C=O) groups excluding carboxylic acids is 1. The molecule has 0 radical (unpaired) electrons. The van der Waals surface area contributed by atoms with Gasteiger partial charge in [-0.25, -0.2) is 4.99 Å². The summed E-state index contributed by atoms with van der Waals surface area (Å²) in [7, 11) is 1.46. The largest absolute Gasteiger partial charge is 0.469 e. The third kappa shape index (κ3) is 6.55. The summed E-state index contributed by atoms with van der Waals surface area (Å²) in [5, 5.41) is 3.39. The van der Waals surface area contributed by atoms with Gasteiger partial charge in [-0.3, -0.25) is 9.69 Å². The fourth-order valence-electron chi connectivity index (χ4n) is 4.05. The number of esters is 1. The molecule has 1 aromatic carbocycles. The molecule has 0 amide bonds. The highest BCUT2D eigenvalue weighted by molar-refractivity contribution is 14.0. The van der Waals surface area contributed by atoms with Crippen molar-refractivity contribution >= 4 is 35.9 Å². The van der Waals surface area contributed by atoms with E-state index in [4.69, 9.17) is 14.5 Å². The molecule has 2 atom stereocenters. The Morgan fingerprint density at radius 2 is 1.93 bits per heavy atom. The van der Waals surface area contributed by atoms with Crippen LogP contribution in [0, 0.1) is 11.8 Å². The Kier molecular flexibility index (Phi) is 10.3. The number of likely N-dealkylation sites (tertiary alicyclic amines) is 1. The highest BCUT2D eigenvalue weighted by Gasteiger charge is 2.36. The first-order valence-corrected chi connectivity index (χ1v) is 10.6. The second-order valence-corrected chi connectivity index (χ2v) is 7.84. The van der Waals surface area contributed by atoms with Gasteiger partial charge in [0.25, 0.3) is 0 Å². The van der Waals surface area contributed by atoms with Crippen LogP contribution >= 0.6 is 24.0 Å². The molecule has 2 aliphatic heterocycles. The summed E-state index contributed by atoms with van der Waals surface area (Å²) in [4.78, 5) is 21.6. The van der Waals surface area contributed by atoms with E-state index in [-0.39, 0.29) is 41.8 Å². The fraction of sp³-hybridized carbons (Fsp3) is 0.636. The minimum Gasteiger partial charge on any atom is -0.469 e. The van der Waals surface area contributed by atoms with Gasteiger partial charge in [0.05, 0.1) is 32.8 Å². The van der Waals surface area contributed by atoms with E-state index in [0.717, 1.165) is 51.9 Å². The Bertz CT molecular complexity index is 709. The van der Waals surface area contributed by atoms with Crippen molar-refractivity contribution in [2.75, 3.05) is 53.0 Å². The molecular weight excluding hydrogens is 495 g/mol. The van der Waals surface area contributed by atoms with E-state index in [0.29, 0.717) is 13.1 Å². The average Bonchev–Trinajstić information content (AvgIpc) is 3.13. The van der Waals surface area contributed by atoms with Crippen LogP contribution in [0.25, 0.3) is 0 Å². The number of halogens is 1. The van der Waals surface area contributed by atoms with Crippen molar-refractivity contribution in [3.8, 4) is 0 Å². The van der Waals surface area contributed by atoms with E-state index in [1.165, 1.54) is 18.2 Å². The van der Waals surface area contributed by atoms with Crippen LogP contribution < -0.4 is 5.32 Å². The molecule has 8 heteroatoms. The summed E-state index contributed by atoms with van der Waals surface area (Å²) in [6.07, 6.45) is 0. The van der Waals surface area contributed by atoms with Gasteiger partial charge >= 0.3 is 5.97 Å². The third-order valence-corrected chi connectivity index (χ3v) is 5.77. The van der Waals surface area contributed by atoms with E-state index in [1.807, 2.05) is 0 Å². The van der Waals surface area contributed by atoms with Gasteiger partial charge in [0.15, 0.2) is 5.96 Å². The molecule has 2 aliphatic rings. The van der Waals surface area contributed by atoms with Crippen molar-refractivity contribution in [3.05, 3.63) is 35.4 Å². The highest BCUT2D eigenvalue weighted by atomic mass is 127. The number of benzene rings is 1. The predicted octanol–water partition coefficient (Wildman–Crippen LogP) is 2.34. The third-order valence-electron chi connectivity index (χ3n) is 5.77. The summed E-state index contributed by atoms with van der Waals surface area (Å²) in [6, 6.07) is 8.52. The van der Waals surface area contributed by atoms with E-state index < -0.39 is 0 Å². The van der Waals surface area contributed by atoms with E-state index in [2.05, 4.69) is 53.2 Å². The quantitative estimate of drug-likeness (QED) is 0.264. The summed E-state index contributed by atoms with van der Waals surface area (Å²) >= 11 is 0. The zero-order chi connectivity index (χ0) is 20.6. The molecule has 0 saturated carbocycles. The minimum atomic E-state index is -0.133. The van der Waals surface area contributed by atoms with Gasteiger partial charge in [-0.15, -0.1) is 24.0 Å². The van der Waals surface area contributed by atoms with Gasteiger partial charge in [-0.2, -0.15) is 0 Å². The molecule has 0 aromatic heterocycles. The van der Waals surface area contributed by atoms with Crippen molar-refractivity contribution in [2.45, 2.75) is 26.9 Å². The van der Waals surface area contributed by atoms with Crippen molar-refractivity contribution in [3.63, 3.8) is 0 Å². The number of nitrogens with one attached hydrogen (secondary N) is 1. The molecule has 30 heavy (non-hydrogen) atoms. The Morgan fingerprint density at radius 1 is 1.23 bits per heavy atom. The molecule has 168 valence electrons. The maximum Gasteiger partial charge on any atom is 0.310 e. The van der Waals surface area contributed by atoms with Crippen molar-refractivity contribution in [1.82, 2.24) is 15.1 Å². The first-order valence-electron chi connectivity index (χ1n) is 10.6. The Balaban J connectivity index is 0.00000320. The van der Waals surface area contributed by atoms with Crippen LogP contribution in [0.3, 0.4) is 0 Å². The highest BCUT2D eigenvalue weighted by Crippen LogP contribution is 2.24. The number of aliphatic imine (C=N–C) groups is 1. The number of carbonyl (C=O) groups is 1. The van der Waals surface area contributed by atoms with Gasteiger partial charge < -0.3 is 19.7 Å². The molecular formula is C22H35IN4O3. The standard InChI is InChI=1S/C22H34N4O3.HI/c1-4-23-22(26-14-17(2)20(16-26)21(27)28-3)24-13-18-7-5-6-8-19(18)15-25-9-11-29-12-10-25;/h5-8,17,20H,4,9-16H2,1-3H3,(H,23,24);1H. The zero-order valence-corrected chi connectivity index (χ0v) is 20.6. The van der Waals surface area contributed by atoms with Gasteiger partial charge in [-0.05, 0) is 24.0 Å². The molecule has 0 aliphatic carbocycles. The summed E-state index contributed by atoms with van der Waals surface area (Å²) in [5.41, 5.74) is 2.56. The molecule has 0 spiro atoms. The number of nitrogens with zero attached hydrogens (tertiary/aromatic N) is 3. The van der Waals surface area contributed by atoms with Crippen molar-refractivity contribution < 1.29 is 14.3 Å². The van der Waals surface area contributed by atoms with Crippen LogP contribution in [0.1, 0.15) is 25.0 Å². The van der Waals surface area contributed by atoms with Gasteiger partial charge in [0, 0.05) is 39.3 Å². The predicted molar refractivity (Wildman–Crippen MR) is 129 cm³/mol. The molecule has 2 fully saturated rings. The zero-order valence-electron chi connectivity index (χ0n) is 18.3. The minimum absolute atomic E-state index is 0. The lowest BCUT2D eigenvalue weighted by Gasteiger charge is -2.27. The molecule has 0 bridgehead atoms.